The van der Waals surface area contributed by atoms with E-state index in [0.29, 0.717) is 25.4 Å². The van der Waals surface area contributed by atoms with Gasteiger partial charge < -0.3 is 9.64 Å². The van der Waals surface area contributed by atoms with Gasteiger partial charge in [0.2, 0.25) is 15.9 Å². The second kappa shape index (κ2) is 13.0. The summed E-state index contributed by atoms with van der Waals surface area (Å²) in [7, 11) is -3.99. The summed E-state index contributed by atoms with van der Waals surface area (Å²) in [6, 6.07) is 34.0. The van der Waals surface area contributed by atoms with Crippen LogP contribution in [0.2, 0.25) is 0 Å². The first-order chi connectivity index (χ1) is 18.4. The predicted octanol–water partition coefficient (Wildman–Crippen LogP) is 5.20. The highest BCUT2D eigenvalue weighted by molar-refractivity contribution is 7.89. The number of hydrogen-bond acceptors (Lipinski definition) is 4. The van der Waals surface area contributed by atoms with Crippen LogP contribution in [0.4, 0.5) is 0 Å². The molecule has 38 heavy (non-hydrogen) atoms. The van der Waals surface area contributed by atoms with Crippen molar-refractivity contribution in [3.8, 4) is 5.75 Å². The molecule has 4 aromatic carbocycles. The average Bonchev–Trinajstić information content (AvgIpc) is 2.94. The Morgan fingerprint density at radius 1 is 0.737 bits per heavy atom. The van der Waals surface area contributed by atoms with Crippen molar-refractivity contribution < 1.29 is 17.9 Å². The van der Waals surface area contributed by atoms with Crippen LogP contribution in [0.5, 0.6) is 5.75 Å². The number of nitrogens with one attached hydrogen (secondary N) is 1. The maximum Gasteiger partial charge on any atom is 0.241 e. The Hall–Kier alpha value is -3.94. The minimum atomic E-state index is -3.99. The van der Waals surface area contributed by atoms with Gasteiger partial charge in [0.25, 0.3) is 0 Å². The van der Waals surface area contributed by atoms with Gasteiger partial charge in [0.15, 0.2) is 0 Å². The molecule has 0 aliphatic rings. The molecule has 0 unspecified atom stereocenters. The van der Waals surface area contributed by atoms with Crippen LogP contribution in [0.25, 0.3) is 0 Å². The van der Waals surface area contributed by atoms with E-state index in [0.717, 1.165) is 16.7 Å². The molecule has 196 valence electrons. The van der Waals surface area contributed by atoms with Gasteiger partial charge in [-0.2, -0.15) is 4.72 Å². The van der Waals surface area contributed by atoms with Gasteiger partial charge in [-0.15, -0.1) is 0 Å². The van der Waals surface area contributed by atoms with E-state index in [2.05, 4.69) is 4.72 Å². The molecule has 4 aromatic rings. The summed E-state index contributed by atoms with van der Waals surface area (Å²) in [5.74, 6) is 0.288. The van der Waals surface area contributed by atoms with Crippen LogP contribution in [0.1, 0.15) is 23.6 Å². The zero-order valence-corrected chi connectivity index (χ0v) is 22.2. The van der Waals surface area contributed by atoms with Gasteiger partial charge in [-0.1, -0.05) is 91.0 Å². The van der Waals surface area contributed by atoms with E-state index in [1.807, 2.05) is 97.9 Å². The molecule has 0 bridgehead atoms. The lowest BCUT2D eigenvalue weighted by Gasteiger charge is -2.28. The molecule has 1 amide bonds. The Kier molecular flexibility index (Phi) is 9.30. The molecule has 0 radical (unpaired) electrons. The maximum absolute atomic E-state index is 14.1. The van der Waals surface area contributed by atoms with Crippen LogP contribution in [0.3, 0.4) is 0 Å². The highest BCUT2D eigenvalue weighted by atomic mass is 32.2. The number of carbonyl (C=O) groups excluding carboxylic acids is 1. The third kappa shape index (κ3) is 7.54. The minimum absolute atomic E-state index is 0.0736. The van der Waals surface area contributed by atoms with Crippen LogP contribution >= 0.6 is 0 Å². The first kappa shape index (κ1) is 27.1. The van der Waals surface area contributed by atoms with Crippen LogP contribution in [0, 0.1) is 0 Å². The standard InChI is InChI=1S/C31H32N2O4S/c1-2-37-28-18-20-29(21-19-28)38(35,36)32-30(22-25-12-6-3-7-13-25)31(34)33(23-26-14-8-4-9-15-26)24-27-16-10-5-11-17-27/h3-21,30,32H,2,22-24H2,1H3/t30-/m1/s1. The Labute approximate surface area is 225 Å². The predicted molar refractivity (Wildman–Crippen MR) is 149 cm³/mol. The fourth-order valence-corrected chi connectivity index (χ4v) is 5.40. The number of amides is 1. The second-order valence-electron chi connectivity index (χ2n) is 8.93. The minimum Gasteiger partial charge on any atom is -0.494 e. The number of rotatable bonds is 12. The molecule has 6 nitrogen and oxygen atoms in total. The van der Waals surface area contributed by atoms with Gasteiger partial charge in [0, 0.05) is 13.1 Å². The number of hydrogen-bond donors (Lipinski definition) is 1. The molecule has 0 aliphatic carbocycles. The van der Waals surface area contributed by atoms with Crippen molar-refractivity contribution >= 4 is 15.9 Å². The van der Waals surface area contributed by atoms with Crippen LogP contribution in [0.15, 0.2) is 120 Å². The molecule has 0 saturated carbocycles. The number of ether oxygens (including phenoxy) is 1. The first-order valence-electron chi connectivity index (χ1n) is 12.6. The van der Waals surface area contributed by atoms with E-state index in [1.54, 1.807) is 17.0 Å². The fraction of sp³-hybridized carbons (Fsp3) is 0.194. The zero-order chi connectivity index (χ0) is 26.8. The summed E-state index contributed by atoms with van der Waals surface area (Å²) in [5, 5.41) is 0. The molecule has 1 N–H and O–H groups in total. The van der Waals surface area contributed by atoms with E-state index >= 15 is 0 Å². The molecular weight excluding hydrogens is 496 g/mol. The van der Waals surface area contributed by atoms with Crippen LogP contribution in [-0.2, 0) is 34.3 Å². The lowest BCUT2D eigenvalue weighted by Crippen LogP contribution is -2.49. The summed E-state index contributed by atoms with van der Waals surface area (Å²) in [4.78, 5) is 15.9. The number of sulfonamides is 1. The van der Waals surface area contributed by atoms with E-state index in [4.69, 9.17) is 4.74 Å². The number of carbonyl (C=O) groups is 1. The number of benzene rings is 4. The smallest absolute Gasteiger partial charge is 0.241 e. The summed E-state index contributed by atoms with van der Waals surface area (Å²) in [6.45, 7) is 3.05. The first-order valence-corrected chi connectivity index (χ1v) is 14.1. The van der Waals surface area contributed by atoms with Crippen LogP contribution < -0.4 is 9.46 Å². The van der Waals surface area contributed by atoms with Crippen molar-refractivity contribution in [2.45, 2.75) is 37.4 Å². The zero-order valence-electron chi connectivity index (χ0n) is 21.4. The summed E-state index contributed by atoms with van der Waals surface area (Å²) in [6.07, 6.45) is 0.218. The monoisotopic (exact) mass is 528 g/mol. The van der Waals surface area contributed by atoms with Crippen molar-refractivity contribution in [1.29, 1.82) is 0 Å². The third-order valence-corrected chi connectivity index (χ3v) is 7.55. The topological polar surface area (TPSA) is 75.7 Å². The van der Waals surface area contributed by atoms with E-state index in [-0.39, 0.29) is 17.2 Å². The van der Waals surface area contributed by atoms with Gasteiger partial charge in [-0.25, -0.2) is 8.42 Å². The average molecular weight is 529 g/mol. The van der Waals surface area contributed by atoms with Gasteiger partial charge in [0.1, 0.15) is 11.8 Å². The molecule has 0 aliphatic heterocycles. The Morgan fingerprint density at radius 3 is 1.68 bits per heavy atom. The molecule has 0 aromatic heterocycles. The van der Waals surface area contributed by atoms with Crippen molar-refractivity contribution in [1.82, 2.24) is 9.62 Å². The molecule has 7 heteroatoms. The van der Waals surface area contributed by atoms with E-state index < -0.39 is 16.1 Å². The van der Waals surface area contributed by atoms with Gasteiger partial charge in [0.05, 0.1) is 11.5 Å². The van der Waals surface area contributed by atoms with Crippen molar-refractivity contribution in [3.05, 3.63) is 132 Å². The SMILES string of the molecule is CCOc1ccc(S(=O)(=O)N[C@H](Cc2ccccc2)C(=O)N(Cc2ccccc2)Cc2ccccc2)cc1. The lowest BCUT2D eigenvalue weighted by molar-refractivity contribution is -0.134. The summed E-state index contributed by atoms with van der Waals surface area (Å²) in [5.41, 5.74) is 2.79. The van der Waals surface area contributed by atoms with Crippen molar-refractivity contribution in [2.24, 2.45) is 0 Å². The molecule has 0 saturated heterocycles. The molecule has 1 atom stereocenters. The number of nitrogens with zero attached hydrogens (tertiary/aromatic N) is 1. The molecule has 4 rings (SSSR count). The van der Waals surface area contributed by atoms with Crippen molar-refractivity contribution in [2.75, 3.05) is 6.61 Å². The quantitative estimate of drug-likeness (QED) is 0.274. The van der Waals surface area contributed by atoms with Gasteiger partial charge in [-0.3, -0.25) is 4.79 Å². The normalized spacial score (nSPS) is 12.0. The summed E-state index contributed by atoms with van der Waals surface area (Å²) >= 11 is 0. The lowest BCUT2D eigenvalue weighted by atomic mass is 10.0. The molecular formula is C31H32N2O4S. The fourth-order valence-electron chi connectivity index (χ4n) is 4.21. The van der Waals surface area contributed by atoms with E-state index in [1.165, 1.54) is 12.1 Å². The van der Waals surface area contributed by atoms with Gasteiger partial charge in [-0.05, 0) is 54.3 Å². The largest absolute Gasteiger partial charge is 0.494 e. The molecule has 0 heterocycles. The van der Waals surface area contributed by atoms with Gasteiger partial charge >= 0.3 is 0 Å². The Bertz CT molecular complexity index is 1350. The Balaban J connectivity index is 1.65. The molecule has 0 spiro atoms. The Morgan fingerprint density at radius 2 is 1.21 bits per heavy atom. The van der Waals surface area contributed by atoms with E-state index in [9.17, 15) is 13.2 Å². The highest BCUT2D eigenvalue weighted by Gasteiger charge is 2.30. The van der Waals surface area contributed by atoms with Crippen molar-refractivity contribution in [3.63, 3.8) is 0 Å². The summed E-state index contributed by atoms with van der Waals surface area (Å²) < 4.78 is 35.0. The second-order valence-corrected chi connectivity index (χ2v) is 10.6. The third-order valence-electron chi connectivity index (χ3n) is 6.07. The van der Waals surface area contributed by atoms with Crippen LogP contribution in [-0.4, -0.2) is 31.9 Å². The highest BCUT2D eigenvalue weighted by Crippen LogP contribution is 2.19. The maximum atomic E-state index is 14.1. The molecule has 0 fully saturated rings.